The van der Waals surface area contributed by atoms with Crippen LogP contribution in [-0.4, -0.2) is 6.04 Å². The highest BCUT2D eigenvalue weighted by Crippen LogP contribution is 2.52. The number of benzene rings is 5. The summed E-state index contributed by atoms with van der Waals surface area (Å²) in [7, 11) is 0. The minimum Gasteiger partial charge on any atom is -0.338 e. The Morgan fingerprint density at radius 1 is 0.778 bits per heavy atom. The fourth-order valence-electron chi connectivity index (χ4n) is 7.81. The van der Waals surface area contributed by atoms with Crippen LogP contribution in [0.15, 0.2) is 127 Å². The van der Waals surface area contributed by atoms with E-state index in [9.17, 15) is 0 Å². The molecule has 1 saturated carbocycles. The largest absolute Gasteiger partial charge is 0.338 e. The molecular weight excluding hydrogens is 565 g/mol. The topological polar surface area (TPSA) is 7.12 Å². The molecule has 2 atom stereocenters. The van der Waals surface area contributed by atoms with Crippen LogP contribution < -0.4 is 9.47 Å². The quantitative estimate of drug-likeness (QED) is 0.157. The number of hydrogen-bond acceptors (Lipinski definition) is 2. The van der Waals surface area contributed by atoms with Gasteiger partial charge in [0.1, 0.15) is 11.2 Å². The minimum absolute atomic E-state index is 0.343. The second-order valence-electron chi connectivity index (χ2n) is 12.5. The molecule has 0 spiro atoms. The Morgan fingerprint density at radius 3 is 2.22 bits per heavy atom. The maximum absolute atomic E-state index is 2.65. The van der Waals surface area contributed by atoms with Crippen LogP contribution in [0.2, 0.25) is 0 Å². The molecule has 0 saturated heterocycles. The van der Waals surface area contributed by atoms with Gasteiger partial charge in [-0.05, 0) is 90.4 Å². The summed E-state index contributed by atoms with van der Waals surface area (Å²) >= 11 is 1.88. The number of aromatic nitrogens is 1. The van der Waals surface area contributed by atoms with Gasteiger partial charge in [-0.2, -0.15) is 4.57 Å². The molecule has 0 N–H and O–H groups in total. The van der Waals surface area contributed by atoms with E-state index in [4.69, 9.17) is 0 Å². The number of nitrogens with zero attached hydrogens (tertiary/aromatic N) is 2. The molecule has 2 heterocycles. The summed E-state index contributed by atoms with van der Waals surface area (Å²) in [6.45, 7) is 3.21. The molecule has 0 amide bonds. The zero-order chi connectivity index (χ0) is 30.2. The first-order valence-corrected chi connectivity index (χ1v) is 17.3. The van der Waals surface area contributed by atoms with Crippen LogP contribution in [0.4, 0.5) is 11.4 Å². The van der Waals surface area contributed by atoms with Gasteiger partial charge in [-0.1, -0.05) is 109 Å². The molecule has 3 heteroatoms. The average Bonchev–Trinajstić information content (AvgIpc) is 3.80. The van der Waals surface area contributed by atoms with Crippen LogP contribution in [0.5, 0.6) is 0 Å². The van der Waals surface area contributed by atoms with Crippen molar-refractivity contribution in [2.75, 3.05) is 4.90 Å². The molecule has 5 aromatic carbocycles. The fraction of sp³-hybridized carbons (Fsp3) is 0.214. The molecule has 1 aliphatic heterocycles. The van der Waals surface area contributed by atoms with Crippen molar-refractivity contribution in [1.82, 2.24) is 0 Å². The van der Waals surface area contributed by atoms with Gasteiger partial charge in [-0.15, -0.1) is 0 Å². The Kier molecular flexibility index (Phi) is 7.56. The molecule has 0 bridgehead atoms. The summed E-state index contributed by atoms with van der Waals surface area (Å²) in [6, 6.07) is 47.8. The molecule has 2 aliphatic rings. The molecule has 2 nitrogen and oxygen atoms in total. The maximum Gasteiger partial charge on any atom is 0.262 e. The summed E-state index contributed by atoms with van der Waals surface area (Å²) in [5, 5.41) is 1.31. The Labute approximate surface area is 270 Å². The van der Waals surface area contributed by atoms with E-state index >= 15 is 0 Å². The van der Waals surface area contributed by atoms with Crippen LogP contribution in [0, 0.1) is 0 Å². The van der Waals surface area contributed by atoms with Crippen molar-refractivity contribution >= 4 is 45.1 Å². The molecule has 2 unspecified atom stereocenters. The van der Waals surface area contributed by atoms with Crippen molar-refractivity contribution in [3.63, 3.8) is 0 Å². The SMILES string of the molecule is CC[n+]1c(/C=C/c2ccc3c(c2)C2CCCC2N3c2ccc(CC(c3ccccc3)c3ccccc3)cc2)sc2ccccc21. The van der Waals surface area contributed by atoms with Gasteiger partial charge < -0.3 is 4.90 Å². The Morgan fingerprint density at radius 2 is 1.49 bits per heavy atom. The van der Waals surface area contributed by atoms with E-state index in [1.165, 1.54) is 73.7 Å². The van der Waals surface area contributed by atoms with Crippen molar-refractivity contribution in [2.45, 2.75) is 57.0 Å². The highest BCUT2D eigenvalue weighted by atomic mass is 32.1. The molecule has 1 fully saturated rings. The molecule has 1 aromatic heterocycles. The van der Waals surface area contributed by atoms with Crippen LogP contribution in [-0.2, 0) is 13.0 Å². The molecule has 222 valence electrons. The number of aryl methyl sites for hydroxylation is 1. The van der Waals surface area contributed by atoms with Gasteiger partial charge in [-0.3, -0.25) is 0 Å². The van der Waals surface area contributed by atoms with Gasteiger partial charge >= 0.3 is 0 Å². The van der Waals surface area contributed by atoms with Gasteiger partial charge in [0.25, 0.3) is 5.01 Å². The van der Waals surface area contributed by atoms with Crippen LogP contribution in [0.3, 0.4) is 0 Å². The number of anilines is 2. The summed E-state index contributed by atoms with van der Waals surface area (Å²) in [4.78, 5) is 2.65. The Balaban J connectivity index is 1.07. The zero-order valence-electron chi connectivity index (χ0n) is 25.8. The summed E-state index contributed by atoms with van der Waals surface area (Å²) < 4.78 is 3.77. The number of rotatable bonds is 8. The highest BCUT2D eigenvalue weighted by Gasteiger charge is 2.42. The Bertz CT molecular complexity index is 1920. The maximum atomic E-state index is 2.65. The van der Waals surface area contributed by atoms with Crippen molar-refractivity contribution in [3.05, 3.63) is 160 Å². The third kappa shape index (κ3) is 5.30. The lowest BCUT2D eigenvalue weighted by Crippen LogP contribution is -2.33. The van der Waals surface area contributed by atoms with E-state index in [0.29, 0.717) is 17.9 Å². The third-order valence-electron chi connectivity index (χ3n) is 9.95. The first-order valence-electron chi connectivity index (χ1n) is 16.5. The van der Waals surface area contributed by atoms with Crippen LogP contribution in [0.25, 0.3) is 22.4 Å². The van der Waals surface area contributed by atoms with Crippen LogP contribution >= 0.6 is 11.3 Å². The van der Waals surface area contributed by atoms with Gasteiger partial charge in [0.05, 0.1) is 0 Å². The summed E-state index contributed by atoms with van der Waals surface area (Å²) in [5.41, 5.74) is 11.0. The molecule has 0 radical (unpaired) electrons. The van der Waals surface area contributed by atoms with Gasteiger partial charge in [0.2, 0.25) is 5.52 Å². The Hall–Kier alpha value is -4.47. The van der Waals surface area contributed by atoms with E-state index in [-0.39, 0.29) is 0 Å². The van der Waals surface area contributed by atoms with E-state index < -0.39 is 0 Å². The lowest BCUT2D eigenvalue weighted by Gasteiger charge is -2.27. The van der Waals surface area contributed by atoms with Gasteiger partial charge in [-0.25, -0.2) is 0 Å². The standard InChI is InChI=1S/C42H39N2S/c1-2-43-40-17-9-10-19-41(40)45-42(43)27-23-31-22-26-39-37(29-31)35-16-11-18-38(35)44(39)34-24-20-30(21-25-34)28-36(32-12-5-3-6-13-32)33-14-7-4-8-15-33/h3-10,12-15,17,19-27,29,35-36,38H,2,11,16,18,28H2,1H3/q+1. The number of para-hydroxylation sites is 1. The highest BCUT2D eigenvalue weighted by molar-refractivity contribution is 7.18. The van der Waals surface area contributed by atoms with E-state index in [0.717, 1.165) is 13.0 Å². The first kappa shape index (κ1) is 28.0. The van der Waals surface area contributed by atoms with Crippen molar-refractivity contribution in [2.24, 2.45) is 0 Å². The van der Waals surface area contributed by atoms with Gasteiger partial charge in [0.15, 0.2) is 0 Å². The first-order chi connectivity index (χ1) is 22.3. The molecule has 45 heavy (non-hydrogen) atoms. The summed E-state index contributed by atoms with van der Waals surface area (Å²) in [5.74, 6) is 0.953. The second kappa shape index (κ2) is 12.1. The third-order valence-corrected chi connectivity index (χ3v) is 11.1. The predicted octanol–water partition coefficient (Wildman–Crippen LogP) is 10.5. The van der Waals surface area contributed by atoms with Crippen LogP contribution in [0.1, 0.15) is 70.8 Å². The number of hydrogen-bond donors (Lipinski definition) is 0. The average molecular weight is 604 g/mol. The summed E-state index contributed by atoms with van der Waals surface area (Å²) in [6.07, 6.45) is 9.46. The molecule has 8 rings (SSSR count). The normalized spacial score (nSPS) is 17.4. The van der Waals surface area contributed by atoms with E-state index in [1.54, 1.807) is 0 Å². The number of fused-ring (bicyclic) bond motifs is 4. The van der Waals surface area contributed by atoms with E-state index in [2.05, 4.69) is 156 Å². The predicted molar refractivity (Wildman–Crippen MR) is 190 cm³/mol. The lowest BCUT2D eigenvalue weighted by molar-refractivity contribution is -0.665. The van der Waals surface area contributed by atoms with Crippen molar-refractivity contribution in [1.29, 1.82) is 0 Å². The number of thiazole rings is 1. The monoisotopic (exact) mass is 603 g/mol. The lowest BCUT2D eigenvalue weighted by atomic mass is 9.86. The zero-order valence-corrected chi connectivity index (χ0v) is 26.7. The van der Waals surface area contributed by atoms with Crippen molar-refractivity contribution < 1.29 is 4.57 Å². The second-order valence-corrected chi connectivity index (χ2v) is 13.6. The fourth-order valence-corrected chi connectivity index (χ4v) is 8.94. The van der Waals surface area contributed by atoms with E-state index in [1.807, 2.05) is 11.3 Å². The molecular formula is C42H39N2S+. The molecule has 1 aliphatic carbocycles. The smallest absolute Gasteiger partial charge is 0.262 e. The molecule has 6 aromatic rings. The minimum atomic E-state index is 0.343. The van der Waals surface area contributed by atoms with Crippen molar-refractivity contribution in [3.8, 4) is 0 Å². The van der Waals surface area contributed by atoms with Gasteiger partial charge in [0, 0.05) is 41.4 Å².